The molecule has 2 heteroatoms. The molecule has 0 aromatic carbocycles. The molecule has 0 spiro atoms. The maximum atomic E-state index is 12.9. The van der Waals surface area contributed by atoms with Crippen molar-refractivity contribution in [2.75, 3.05) is 0 Å². The lowest BCUT2D eigenvalue weighted by Crippen LogP contribution is -2.66. The molecule has 2 nitrogen and oxygen atoms in total. The highest BCUT2D eigenvalue weighted by Crippen LogP contribution is 2.77. The van der Waals surface area contributed by atoms with Crippen LogP contribution in [0.3, 0.4) is 0 Å². The highest BCUT2D eigenvalue weighted by Gasteiger charge is 2.70. The summed E-state index contributed by atoms with van der Waals surface area (Å²) in [5.74, 6) is 3.34. The molecule has 0 radical (unpaired) electrons. The number of fused-ring (bicyclic) bond motifs is 7. The van der Waals surface area contributed by atoms with Crippen LogP contribution in [0.25, 0.3) is 0 Å². The number of carbonyl (C=O) groups excluding carboxylic acids is 2. The smallest absolute Gasteiger partial charge is 0.138 e. The lowest BCUT2D eigenvalue weighted by molar-refractivity contribution is -0.231. The number of rotatable bonds is 2. The molecular weight excluding hydrogens is 392 g/mol. The van der Waals surface area contributed by atoms with Gasteiger partial charge in [-0.3, -0.25) is 4.79 Å². The van der Waals surface area contributed by atoms with Gasteiger partial charge >= 0.3 is 0 Å². The zero-order valence-electron chi connectivity index (χ0n) is 21.6. The second-order valence-electron chi connectivity index (χ2n) is 14.2. The Morgan fingerprint density at radius 2 is 1.59 bits per heavy atom. The Kier molecular flexibility index (Phi) is 4.87. The Bertz CT molecular complexity index is 855. The van der Waals surface area contributed by atoms with E-state index in [4.69, 9.17) is 0 Å². The standard InChI is InChI=1S/C30H46O2/c1-19(2)20-10-15-30(18-31)17-16-28(6)21(25(20)30)8-9-23-27(5)13-12-24(32)26(3,4)22(27)11-14-29(23,28)7/h18,20-23,25H,1,8-17H2,2-7H3/t20?,21?,22?,23?,25?,27-,28-,29+,30+/m0/s1. The SMILES string of the molecule is C=C(C)C1CC[C@]2(C=O)CC[C@@]3(C)C(CCC4[C@@]5(C)CCC(=O)C(C)(C)C5CC[C@]43C)C12. The molecule has 0 aromatic rings. The van der Waals surface area contributed by atoms with Gasteiger partial charge in [-0.05, 0) is 111 Å². The second kappa shape index (κ2) is 6.82. The van der Waals surface area contributed by atoms with Gasteiger partial charge in [0.05, 0.1) is 0 Å². The highest BCUT2D eigenvalue weighted by molar-refractivity contribution is 5.85. The summed E-state index contributed by atoms with van der Waals surface area (Å²) in [6, 6.07) is 0. The van der Waals surface area contributed by atoms with Gasteiger partial charge in [0.1, 0.15) is 12.1 Å². The molecule has 32 heavy (non-hydrogen) atoms. The van der Waals surface area contributed by atoms with Gasteiger partial charge in [-0.15, -0.1) is 0 Å². The fourth-order valence-electron chi connectivity index (χ4n) is 11.2. The average molecular weight is 439 g/mol. The minimum Gasteiger partial charge on any atom is -0.303 e. The van der Waals surface area contributed by atoms with E-state index in [9.17, 15) is 9.59 Å². The maximum Gasteiger partial charge on any atom is 0.138 e. The van der Waals surface area contributed by atoms with E-state index in [0.717, 1.165) is 32.1 Å². The van der Waals surface area contributed by atoms with Crippen molar-refractivity contribution in [3.63, 3.8) is 0 Å². The van der Waals surface area contributed by atoms with Crippen molar-refractivity contribution >= 4 is 12.1 Å². The molecule has 0 aromatic heterocycles. The van der Waals surface area contributed by atoms with E-state index < -0.39 is 0 Å². The predicted octanol–water partition coefficient (Wildman–Crippen LogP) is 7.41. The molecule has 5 rings (SSSR count). The molecule has 0 heterocycles. The Morgan fingerprint density at radius 1 is 0.875 bits per heavy atom. The topological polar surface area (TPSA) is 34.1 Å². The van der Waals surface area contributed by atoms with Gasteiger partial charge in [0.25, 0.3) is 0 Å². The van der Waals surface area contributed by atoms with Crippen molar-refractivity contribution < 1.29 is 9.59 Å². The molecule has 5 fully saturated rings. The third-order valence-corrected chi connectivity index (χ3v) is 13.1. The van der Waals surface area contributed by atoms with Crippen LogP contribution in [-0.2, 0) is 9.59 Å². The number of Topliss-reactive ketones (excluding diaryl/α,β-unsaturated/α-hetero) is 1. The van der Waals surface area contributed by atoms with E-state index in [-0.39, 0.29) is 21.7 Å². The molecule has 5 aliphatic rings. The van der Waals surface area contributed by atoms with Crippen molar-refractivity contribution in [2.24, 2.45) is 56.7 Å². The van der Waals surface area contributed by atoms with Crippen molar-refractivity contribution in [3.05, 3.63) is 12.2 Å². The molecule has 5 unspecified atom stereocenters. The first-order valence-electron chi connectivity index (χ1n) is 13.5. The zero-order valence-corrected chi connectivity index (χ0v) is 21.6. The largest absolute Gasteiger partial charge is 0.303 e. The molecule has 0 amide bonds. The van der Waals surface area contributed by atoms with Crippen molar-refractivity contribution in [2.45, 2.75) is 106 Å². The first kappa shape index (κ1) is 22.9. The third-order valence-electron chi connectivity index (χ3n) is 13.1. The molecule has 0 N–H and O–H groups in total. The van der Waals surface area contributed by atoms with Gasteiger partial charge in [-0.2, -0.15) is 0 Å². The van der Waals surface area contributed by atoms with Crippen LogP contribution < -0.4 is 0 Å². The van der Waals surface area contributed by atoms with Gasteiger partial charge in [0.15, 0.2) is 0 Å². The van der Waals surface area contributed by atoms with Gasteiger partial charge in [0.2, 0.25) is 0 Å². The van der Waals surface area contributed by atoms with E-state index in [0.29, 0.717) is 40.8 Å². The Morgan fingerprint density at radius 3 is 2.25 bits per heavy atom. The van der Waals surface area contributed by atoms with Crippen LogP contribution >= 0.6 is 0 Å². The first-order valence-corrected chi connectivity index (χ1v) is 13.5. The van der Waals surface area contributed by atoms with Crippen molar-refractivity contribution in [3.8, 4) is 0 Å². The van der Waals surface area contributed by atoms with E-state index in [1.165, 1.54) is 44.0 Å². The zero-order chi connectivity index (χ0) is 23.3. The fraction of sp³-hybridized carbons (Fsp3) is 0.867. The third kappa shape index (κ3) is 2.54. The van der Waals surface area contributed by atoms with E-state index in [1.807, 2.05) is 0 Å². The summed E-state index contributed by atoms with van der Waals surface area (Å²) in [6.45, 7) is 18.9. The summed E-state index contributed by atoms with van der Waals surface area (Å²) < 4.78 is 0. The second-order valence-corrected chi connectivity index (χ2v) is 14.2. The normalized spacial score (nSPS) is 54.1. The lowest BCUT2D eigenvalue weighted by Gasteiger charge is -2.72. The predicted molar refractivity (Wildman–Crippen MR) is 130 cm³/mol. The van der Waals surface area contributed by atoms with Gasteiger partial charge < -0.3 is 4.79 Å². The van der Waals surface area contributed by atoms with Crippen LogP contribution in [0.5, 0.6) is 0 Å². The summed E-state index contributed by atoms with van der Waals surface area (Å²) in [5.41, 5.74) is 1.87. The van der Waals surface area contributed by atoms with Crippen LogP contribution in [0.15, 0.2) is 12.2 Å². The quantitative estimate of drug-likeness (QED) is 0.332. The van der Waals surface area contributed by atoms with Crippen LogP contribution in [0.4, 0.5) is 0 Å². The number of ketones is 1. The van der Waals surface area contributed by atoms with Gasteiger partial charge in [0, 0.05) is 17.3 Å². The average Bonchev–Trinajstić information content (AvgIpc) is 3.12. The molecule has 9 atom stereocenters. The maximum absolute atomic E-state index is 12.9. The summed E-state index contributed by atoms with van der Waals surface area (Å²) in [5, 5.41) is 0. The first-order chi connectivity index (χ1) is 14.9. The van der Waals surface area contributed by atoms with Gasteiger partial charge in [-0.25, -0.2) is 0 Å². The van der Waals surface area contributed by atoms with Crippen LogP contribution in [0, 0.1) is 56.7 Å². The Hall–Kier alpha value is -0.920. The number of hydrogen-bond donors (Lipinski definition) is 0. The summed E-state index contributed by atoms with van der Waals surface area (Å²) in [6.07, 6.45) is 12.7. The lowest BCUT2D eigenvalue weighted by atomic mass is 9.32. The van der Waals surface area contributed by atoms with Crippen LogP contribution in [-0.4, -0.2) is 12.1 Å². The van der Waals surface area contributed by atoms with Crippen molar-refractivity contribution in [1.29, 1.82) is 0 Å². The number of carbonyl (C=O) groups is 2. The number of hydrogen-bond acceptors (Lipinski definition) is 2. The fourth-order valence-corrected chi connectivity index (χ4v) is 11.2. The molecule has 0 saturated heterocycles. The summed E-state index contributed by atoms with van der Waals surface area (Å²) in [7, 11) is 0. The summed E-state index contributed by atoms with van der Waals surface area (Å²) >= 11 is 0. The van der Waals surface area contributed by atoms with Gasteiger partial charge in [-0.1, -0.05) is 46.8 Å². The van der Waals surface area contributed by atoms with Crippen molar-refractivity contribution in [1.82, 2.24) is 0 Å². The highest BCUT2D eigenvalue weighted by atomic mass is 16.1. The van der Waals surface area contributed by atoms with Crippen LogP contribution in [0.1, 0.15) is 106 Å². The Labute approximate surface area is 196 Å². The summed E-state index contributed by atoms with van der Waals surface area (Å²) in [4.78, 5) is 25.4. The number of aldehydes is 1. The molecule has 5 aliphatic carbocycles. The van der Waals surface area contributed by atoms with E-state index in [2.05, 4.69) is 48.1 Å². The molecular formula is C30H46O2. The monoisotopic (exact) mass is 438 g/mol. The minimum atomic E-state index is -0.179. The van der Waals surface area contributed by atoms with Crippen LogP contribution in [0.2, 0.25) is 0 Å². The van der Waals surface area contributed by atoms with E-state index >= 15 is 0 Å². The minimum absolute atomic E-state index is 0.0999. The molecule has 0 aliphatic heterocycles. The molecule has 178 valence electrons. The molecule has 5 saturated carbocycles. The van der Waals surface area contributed by atoms with E-state index in [1.54, 1.807) is 0 Å². The Balaban J connectivity index is 1.56. The number of allylic oxidation sites excluding steroid dienone is 1. The molecule has 0 bridgehead atoms.